The van der Waals surface area contributed by atoms with Gasteiger partial charge in [0.25, 0.3) is 0 Å². The summed E-state index contributed by atoms with van der Waals surface area (Å²) in [5, 5.41) is 21.2. The minimum atomic E-state index is -0.938. The van der Waals surface area contributed by atoms with Crippen LogP contribution in [0.3, 0.4) is 0 Å². The van der Waals surface area contributed by atoms with Gasteiger partial charge in [-0.25, -0.2) is 0 Å². The van der Waals surface area contributed by atoms with E-state index in [0.29, 0.717) is 30.2 Å². The molecule has 0 spiro atoms. The Morgan fingerprint density at radius 3 is 2.61 bits per heavy atom. The van der Waals surface area contributed by atoms with Crippen LogP contribution in [0.15, 0.2) is 59.2 Å². The van der Waals surface area contributed by atoms with Gasteiger partial charge in [0, 0.05) is 23.3 Å². The number of rotatable bonds is 4. The maximum atomic E-state index is 12.2. The number of carbonyl (C=O) groups is 2. The average Bonchev–Trinajstić information content (AvgIpc) is 3.07. The first kappa shape index (κ1) is 22.5. The molecule has 1 aromatic carbocycles. The molecule has 5 atom stereocenters. The fourth-order valence-electron chi connectivity index (χ4n) is 7.47. The number of carbonyl (C=O) groups excluding carboxylic acids is 2. The number of fused-ring (bicyclic) bond motifs is 4. The maximum absolute atomic E-state index is 12.2. The summed E-state index contributed by atoms with van der Waals surface area (Å²) in [5.74, 6) is 1.21. The fraction of sp³-hybridized carbons (Fsp3) is 0.517. The molecule has 0 radical (unpaired) electrons. The van der Waals surface area contributed by atoms with E-state index >= 15 is 0 Å². The summed E-state index contributed by atoms with van der Waals surface area (Å²) in [6, 6.07) is 8.00. The predicted octanol–water partition coefficient (Wildman–Crippen LogP) is 5.07. The summed E-state index contributed by atoms with van der Waals surface area (Å²) in [5.41, 5.74) is 4.74. The Morgan fingerprint density at radius 1 is 1.15 bits per heavy atom. The smallest absolute Gasteiger partial charge is 0.159 e. The van der Waals surface area contributed by atoms with E-state index in [9.17, 15) is 19.8 Å². The first-order valence-corrected chi connectivity index (χ1v) is 12.4. The quantitative estimate of drug-likeness (QED) is 0.500. The first-order chi connectivity index (χ1) is 15.8. The van der Waals surface area contributed by atoms with Gasteiger partial charge in [0.15, 0.2) is 11.6 Å². The van der Waals surface area contributed by atoms with Crippen molar-refractivity contribution in [3.05, 3.63) is 70.3 Å². The monoisotopic (exact) mass is 446 g/mol. The van der Waals surface area contributed by atoms with Crippen LogP contribution in [0.25, 0.3) is 0 Å². The zero-order chi connectivity index (χ0) is 23.4. The van der Waals surface area contributed by atoms with Gasteiger partial charge in [0.05, 0.1) is 12.2 Å². The van der Waals surface area contributed by atoms with Gasteiger partial charge in [-0.15, -0.1) is 0 Å². The number of hydrogen-bond donors (Lipinski definition) is 2. The van der Waals surface area contributed by atoms with Gasteiger partial charge < -0.3 is 10.2 Å². The maximum Gasteiger partial charge on any atom is 0.159 e. The third-order valence-corrected chi connectivity index (χ3v) is 9.17. The van der Waals surface area contributed by atoms with Crippen molar-refractivity contribution in [3.8, 4) is 0 Å². The van der Waals surface area contributed by atoms with Gasteiger partial charge in [-0.2, -0.15) is 0 Å². The van der Waals surface area contributed by atoms with E-state index in [1.54, 1.807) is 13.0 Å². The average molecular weight is 447 g/mol. The van der Waals surface area contributed by atoms with Crippen LogP contribution in [0.5, 0.6) is 0 Å². The van der Waals surface area contributed by atoms with Crippen LogP contribution < -0.4 is 0 Å². The van der Waals surface area contributed by atoms with Gasteiger partial charge >= 0.3 is 0 Å². The van der Waals surface area contributed by atoms with Crippen LogP contribution in [0, 0.1) is 17.3 Å². The number of allylic oxidation sites excluding steroid dienone is 4. The number of ketones is 2. The Balaban J connectivity index is 1.66. The molecule has 0 saturated heterocycles. The molecule has 0 aliphatic heterocycles. The SMILES string of the molecule is CC(=O)c1ccc(C2CC3(C)C(CCC3(O)C=CCO)C3CCC4=CC(=O)CCC4=C23)cc1. The molecule has 0 heterocycles. The lowest BCUT2D eigenvalue weighted by Gasteiger charge is -2.54. The van der Waals surface area contributed by atoms with E-state index in [1.165, 1.54) is 22.3 Å². The molecule has 0 bridgehead atoms. The molecule has 174 valence electrons. The molecule has 2 saturated carbocycles. The van der Waals surface area contributed by atoms with E-state index in [1.807, 2.05) is 24.3 Å². The summed E-state index contributed by atoms with van der Waals surface area (Å²) >= 11 is 0. The summed E-state index contributed by atoms with van der Waals surface area (Å²) in [6.45, 7) is 3.76. The van der Waals surface area contributed by atoms with Gasteiger partial charge in [-0.3, -0.25) is 9.59 Å². The highest BCUT2D eigenvalue weighted by Crippen LogP contribution is 2.67. The molecule has 5 rings (SSSR count). The Labute approximate surface area is 196 Å². The molecule has 4 heteroatoms. The molecule has 0 amide bonds. The van der Waals surface area contributed by atoms with Gasteiger partial charge in [-0.05, 0) is 80.1 Å². The highest BCUT2D eigenvalue weighted by atomic mass is 16.3. The summed E-state index contributed by atoms with van der Waals surface area (Å²) in [6.07, 6.45) is 11.2. The minimum Gasteiger partial charge on any atom is -0.392 e. The number of hydrogen-bond acceptors (Lipinski definition) is 4. The molecule has 4 aliphatic carbocycles. The van der Waals surface area contributed by atoms with Crippen molar-refractivity contribution in [1.82, 2.24) is 0 Å². The van der Waals surface area contributed by atoms with Crippen molar-refractivity contribution in [2.45, 2.75) is 70.3 Å². The van der Waals surface area contributed by atoms with Crippen molar-refractivity contribution in [1.29, 1.82) is 0 Å². The van der Waals surface area contributed by atoms with E-state index in [2.05, 4.69) is 19.1 Å². The topological polar surface area (TPSA) is 74.6 Å². The number of Topliss-reactive ketones (excluding diaryl/α,β-unsaturated/α-hetero) is 1. The van der Waals surface area contributed by atoms with Crippen molar-refractivity contribution in [2.75, 3.05) is 6.61 Å². The molecule has 4 aliphatic rings. The van der Waals surface area contributed by atoms with Crippen LogP contribution in [-0.2, 0) is 4.79 Å². The molecule has 2 N–H and O–H groups in total. The standard InChI is InChI=1S/C29H34O4/c1-18(31)19-4-6-20(7-5-19)25-17-28(2)26(12-14-29(28,33)13-3-15-30)24-10-8-21-16-22(32)9-11-23(21)27(24)25/h3-7,13,16,24-26,30,33H,8-12,14-15,17H2,1-2H3. The van der Waals surface area contributed by atoms with Crippen LogP contribution >= 0.6 is 0 Å². The van der Waals surface area contributed by atoms with Crippen molar-refractivity contribution < 1.29 is 19.8 Å². The Kier molecular flexibility index (Phi) is 5.57. The normalized spacial score (nSPS) is 35.8. The molecule has 1 aromatic rings. The number of benzene rings is 1. The Hall–Kier alpha value is -2.30. The Bertz CT molecular complexity index is 1080. The molecule has 2 fully saturated rings. The van der Waals surface area contributed by atoms with Crippen LogP contribution in [-0.4, -0.2) is 34.0 Å². The van der Waals surface area contributed by atoms with E-state index in [0.717, 1.165) is 32.1 Å². The zero-order valence-corrected chi connectivity index (χ0v) is 19.6. The second kappa shape index (κ2) is 8.18. The van der Waals surface area contributed by atoms with E-state index < -0.39 is 5.60 Å². The van der Waals surface area contributed by atoms with Gasteiger partial charge in [-0.1, -0.05) is 48.9 Å². The van der Waals surface area contributed by atoms with Gasteiger partial charge in [0.1, 0.15) is 0 Å². The fourth-order valence-corrected chi connectivity index (χ4v) is 7.47. The number of aliphatic hydroxyl groups is 2. The number of aliphatic hydroxyl groups excluding tert-OH is 1. The minimum absolute atomic E-state index is 0.0603. The molecule has 4 nitrogen and oxygen atoms in total. The lowest BCUT2D eigenvalue weighted by atomic mass is 9.51. The predicted molar refractivity (Wildman–Crippen MR) is 128 cm³/mol. The third-order valence-electron chi connectivity index (χ3n) is 9.17. The molecular formula is C29H34O4. The highest BCUT2D eigenvalue weighted by molar-refractivity contribution is 5.94. The lowest BCUT2D eigenvalue weighted by Crippen LogP contribution is -2.50. The molecule has 33 heavy (non-hydrogen) atoms. The summed E-state index contributed by atoms with van der Waals surface area (Å²) < 4.78 is 0. The Morgan fingerprint density at radius 2 is 1.91 bits per heavy atom. The zero-order valence-electron chi connectivity index (χ0n) is 19.6. The third kappa shape index (κ3) is 3.50. The second-order valence-corrected chi connectivity index (χ2v) is 10.7. The second-order valence-electron chi connectivity index (χ2n) is 10.7. The summed E-state index contributed by atoms with van der Waals surface area (Å²) in [7, 11) is 0. The van der Waals surface area contributed by atoms with Crippen molar-refractivity contribution >= 4 is 11.6 Å². The highest BCUT2D eigenvalue weighted by Gasteiger charge is 2.61. The molecular weight excluding hydrogens is 412 g/mol. The van der Waals surface area contributed by atoms with Crippen LogP contribution in [0.1, 0.15) is 80.6 Å². The van der Waals surface area contributed by atoms with Gasteiger partial charge in [0.2, 0.25) is 0 Å². The van der Waals surface area contributed by atoms with Crippen molar-refractivity contribution in [2.24, 2.45) is 17.3 Å². The molecule has 5 unspecified atom stereocenters. The van der Waals surface area contributed by atoms with Crippen LogP contribution in [0.4, 0.5) is 0 Å². The molecule has 0 aromatic heterocycles. The largest absolute Gasteiger partial charge is 0.392 e. The summed E-state index contributed by atoms with van der Waals surface area (Å²) in [4.78, 5) is 24.0. The van der Waals surface area contributed by atoms with Crippen LogP contribution in [0.2, 0.25) is 0 Å². The van der Waals surface area contributed by atoms with E-state index in [-0.39, 0.29) is 29.5 Å². The van der Waals surface area contributed by atoms with Crippen molar-refractivity contribution in [3.63, 3.8) is 0 Å². The first-order valence-electron chi connectivity index (χ1n) is 12.4. The lowest BCUT2D eigenvalue weighted by molar-refractivity contribution is -0.114. The van der Waals surface area contributed by atoms with E-state index in [4.69, 9.17) is 0 Å².